The van der Waals surface area contributed by atoms with Crippen LogP contribution >= 0.6 is 0 Å². The van der Waals surface area contributed by atoms with Gasteiger partial charge in [-0.2, -0.15) is 0 Å². The maximum Gasteiger partial charge on any atom is 0.300 e. The van der Waals surface area contributed by atoms with Crippen molar-refractivity contribution in [3.8, 4) is 5.75 Å². The van der Waals surface area contributed by atoms with Gasteiger partial charge in [0.1, 0.15) is 16.2 Å². The second-order valence-electron chi connectivity index (χ2n) is 9.00. The van der Waals surface area contributed by atoms with E-state index < -0.39 is 27.8 Å². The molecule has 34 heavy (non-hydrogen) atoms. The number of nitrogens with one attached hydrogen (secondary N) is 1. The van der Waals surface area contributed by atoms with Crippen molar-refractivity contribution in [1.82, 2.24) is 4.72 Å². The number of hydrogen-bond donors (Lipinski definition) is 1. The van der Waals surface area contributed by atoms with Crippen LogP contribution in [0.5, 0.6) is 5.75 Å². The molecule has 10 heteroatoms. The minimum atomic E-state index is -4.39. The number of rotatable bonds is 8. The third-order valence-electron chi connectivity index (χ3n) is 5.79. The van der Waals surface area contributed by atoms with Gasteiger partial charge in [0.05, 0.1) is 12.5 Å². The van der Waals surface area contributed by atoms with Crippen molar-refractivity contribution in [2.24, 2.45) is 5.92 Å². The Labute approximate surface area is 196 Å². The van der Waals surface area contributed by atoms with E-state index in [0.717, 1.165) is 5.69 Å². The normalized spacial score (nSPS) is 17.1. The first-order valence-corrected chi connectivity index (χ1v) is 12.3. The molecule has 4 rings (SSSR count). The SMILES string of the molecule is CC(C)c1ccc(OC[C@H]2CC2(F)F)c(S(=O)(=O)NC(=O)c2cc3ccc(N(C)C)cc3o2)c1. The molecular weight excluding hydrogens is 466 g/mol. The molecule has 0 saturated heterocycles. The highest BCUT2D eigenvalue weighted by Gasteiger charge is 2.57. The third-order valence-corrected chi connectivity index (χ3v) is 7.14. The van der Waals surface area contributed by atoms with Gasteiger partial charge in [0, 0.05) is 37.7 Å². The fourth-order valence-electron chi connectivity index (χ4n) is 3.49. The number of furan rings is 1. The van der Waals surface area contributed by atoms with E-state index in [2.05, 4.69) is 0 Å². The topological polar surface area (TPSA) is 88.8 Å². The molecule has 1 aliphatic carbocycles. The van der Waals surface area contributed by atoms with E-state index in [-0.39, 0.29) is 35.4 Å². The van der Waals surface area contributed by atoms with Crippen LogP contribution in [0.1, 0.15) is 42.3 Å². The Morgan fingerprint density at radius 3 is 2.53 bits per heavy atom. The van der Waals surface area contributed by atoms with Gasteiger partial charge in [-0.1, -0.05) is 19.9 Å². The number of carbonyl (C=O) groups is 1. The lowest BCUT2D eigenvalue weighted by molar-refractivity contribution is 0.0852. The summed E-state index contributed by atoms with van der Waals surface area (Å²) in [6, 6.07) is 11.3. The molecule has 0 unspecified atom stereocenters. The highest BCUT2D eigenvalue weighted by atomic mass is 32.2. The van der Waals surface area contributed by atoms with Crippen molar-refractivity contribution in [1.29, 1.82) is 0 Å². The fourth-order valence-corrected chi connectivity index (χ4v) is 4.63. The van der Waals surface area contributed by atoms with Gasteiger partial charge < -0.3 is 14.1 Å². The second kappa shape index (κ2) is 8.57. The van der Waals surface area contributed by atoms with Crippen LogP contribution in [0.15, 0.2) is 51.8 Å². The number of benzene rings is 2. The summed E-state index contributed by atoms with van der Waals surface area (Å²) in [5.41, 5.74) is 1.98. The van der Waals surface area contributed by atoms with Crippen LogP contribution in [0.25, 0.3) is 11.0 Å². The molecule has 3 aromatic rings. The predicted octanol–water partition coefficient (Wildman–Crippen LogP) is 4.77. The molecule has 1 saturated carbocycles. The van der Waals surface area contributed by atoms with Crippen LogP contribution in [0.2, 0.25) is 0 Å². The molecule has 7 nitrogen and oxygen atoms in total. The van der Waals surface area contributed by atoms with E-state index >= 15 is 0 Å². The first-order valence-electron chi connectivity index (χ1n) is 10.8. The van der Waals surface area contributed by atoms with E-state index in [0.29, 0.717) is 16.5 Å². The number of alkyl halides is 2. The minimum Gasteiger partial charge on any atom is -0.492 e. The number of fused-ring (bicyclic) bond motifs is 1. The van der Waals surface area contributed by atoms with Crippen LogP contribution in [-0.2, 0) is 10.0 Å². The van der Waals surface area contributed by atoms with Crippen molar-refractivity contribution >= 4 is 32.6 Å². The number of ether oxygens (including phenoxy) is 1. The van der Waals surface area contributed by atoms with E-state index in [1.165, 1.54) is 18.2 Å². The molecular formula is C24H26F2N2O5S. The van der Waals surface area contributed by atoms with Crippen LogP contribution in [-0.4, -0.2) is 40.9 Å². The maximum atomic E-state index is 13.3. The Hall–Kier alpha value is -3.14. The van der Waals surface area contributed by atoms with Gasteiger partial charge in [-0.15, -0.1) is 0 Å². The summed E-state index contributed by atoms with van der Waals surface area (Å²) >= 11 is 0. The summed E-state index contributed by atoms with van der Waals surface area (Å²) < 4.78 is 65.9. The quantitative estimate of drug-likeness (QED) is 0.487. The monoisotopic (exact) mass is 492 g/mol. The Bertz CT molecular complexity index is 1350. The van der Waals surface area contributed by atoms with Gasteiger partial charge in [-0.05, 0) is 41.8 Å². The van der Waals surface area contributed by atoms with E-state index in [4.69, 9.17) is 9.15 Å². The molecule has 1 N–H and O–H groups in total. The number of carbonyl (C=O) groups excluding carboxylic acids is 1. The Kier molecular flexibility index (Phi) is 6.05. The number of anilines is 1. The van der Waals surface area contributed by atoms with Crippen molar-refractivity contribution in [2.45, 2.75) is 37.0 Å². The molecule has 1 aliphatic rings. The molecule has 1 fully saturated rings. The highest BCUT2D eigenvalue weighted by Crippen LogP contribution is 2.48. The van der Waals surface area contributed by atoms with Gasteiger partial charge in [0.15, 0.2) is 5.76 Å². The first kappa shape index (κ1) is 24.0. The Morgan fingerprint density at radius 1 is 1.21 bits per heavy atom. The molecule has 0 spiro atoms. The fraction of sp³-hybridized carbons (Fsp3) is 0.375. The molecule has 1 heterocycles. The molecule has 182 valence electrons. The lowest BCUT2D eigenvalue weighted by atomic mass is 10.0. The van der Waals surface area contributed by atoms with Gasteiger partial charge >= 0.3 is 5.91 Å². The summed E-state index contributed by atoms with van der Waals surface area (Å²) in [7, 11) is -0.668. The van der Waals surface area contributed by atoms with Gasteiger partial charge in [-0.25, -0.2) is 21.9 Å². The summed E-state index contributed by atoms with van der Waals surface area (Å²) in [6.07, 6.45) is -0.294. The largest absolute Gasteiger partial charge is 0.492 e. The Morgan fingerprint density at radius 2 is 1.91 bits per heavy atom. The van der Waals surface area contributed by atoms with Crippen LogP contribution in [0, 0.1) is 5.92 Å². The Balaban J connectivity index is 1.60. The van der Waals surface area contributed by atoms with Gasteiger partial charge in [-0.3, -0.25) is 4.79 Å². The summed E-state index contributed by atoms with van der Waals surface area (Å²) in [5.74, 6) is -4.96. The number of hydrogen-bond acceptors (Lipinski definition) is 6. The lowest BCUT2D eigenvalue weighted by Gasteiger charge is -2.15. The number of amides is 1. The maximum absolute atomic E-state index is 13.3. The standard InChI is InChI=1S/C24H26F2N2O5S/c1-14(2)15-6-8-19(32-13-17-12-24(17,25)26)22(10-15)34(30,31)27-23(29)21-9-16-5-7-18(28(3)4)11-20(16)33-21/h5-11,14,17H,12-13H2,1-4H3,(H,27,29)/t17-/m1/s1. The zero-order valence-corrected chi connectivity index (χ0v) is 20.1. The van der Waals surface area contributed by atoms with Crippen molar-refractivity contribution in [3.63, 3.8) is 0 Å². The molecule has 0 aliphatic heterocycles. The van der Waals surface area contributed by atoms with Crippen LogP contribution in [0.3, 0.4) is 0 Å². The number of nitrogens with zero attached hydrogens (tertiary/aromatic N) is 1. The summed E-state index contributed by atoms with van der Waals surface area (Å²) in [5, 5.41) is 0.643. The molecule has 1 aromatic heterocycles. The average Bonchev–Trinajstić information content (AvgIpc) is 3.17. The minimum absolute atomic E-state index is 0.00673. The van der Waals surface area contributed by atoms with E-state index in [1.807, 2.05) is 43.6 Å². The molecule has 2 aromatic carbocycles. The van der Waals surface area contributed by atoms with Crippen molar-refractivity contribution in [2.75, 3.05) is 25.6 Å². The van der Waals surface area contributed by atoms with Crippen molar-refractivity contribution in [3.05, 3.63) is 53.8 Å². The number of halogens is 2. The summed E-state index contributed by atoms with van der Waals surface area (Å²) in [6.45, 7) is 3.44. The zero-order chi connectivity index (χ0) is 24.8. The van der Waals surface area contributed by atoms with E-state index in [1.54, 1.807) is 18.2 Å². The number of sulfonamides is 1. The highest BCUT2D eigenvalue weighted by molar-refractivity contribution is 7.90. The van der Waals surface area contributed by atoms with E-state index in [9.17, 15) is 22.0 Å². The average molecular weight is 493 g/mol. The molecule has 1 amide bonds. The van der Waals surface area contributed by atoms with Crippen LogP contribution in [0.4, 0.5) is 14.5 Å². The zero-order valence-electron chi connectivity index (χ0n) is 19.3. The molecule has 0 bridgehead atoms. The smallest absolute Gasteiger partial charge is 0.300 e. The molecule has 0 radical (unpaired) electrons. The van der Waals surface area contributed by atoms with Gasteiger partial charge in [0.25, 0.3) is 15.9 Å². The second-order valence-corrected chi connectivity index (χ2v) is 10.6. The lowest BCUT2D eigenvalue weighted by Crippen LogP contribution is -2.30. The van der Waals surface area contributed by atoms with Crippen molar-refractivity contribution < 1.29 is 31.1 Å². The molecule has 1 atom stereocenters. The first-order chi connectivity index (χ1) is 15.9. The van der Waals surface area contributed by atoms with Gasteiger partial charge in [0.2, 0.25) is 0 Å². The third kappa shape index (κ3) is 4.86. The van der Waals surface area contributed by atoms with Crippen LogP contribution < -0.4 is 14.4 Å². The summed E-state index contributed by atoms with van der Waals surface area (Å²) in [4.78, 5) is 14.4. The predicted molar refractivity (Wildman–Crippen MR) is 124 cm³/mol.